The average molecular weight is 512 g/mol. The Morgan fingerprint density at radius 2 is 1.94 bits per heavy atom. The molecule has 3 heterocycles. The maximum Gasteiger partial charge on any atom is 0.328 e. The molecule has 1 aliphatic carbocycles. The first-order chi connectivity index (χ1) is 17.1. The second-order valence-electron chi connectivity index (χ2n) is 9.22. The number of ether oxygens (including phenoxy) is 1. The van der Waals surface area contributed by atoms with Gasteiger partial charge in [0.25, 0.3) is 5.56 Å². The van der Waals surface area contributed by atoms with Gasteiger partial charge in [-0.3, -0.25) is 4.79 Å². The van der Waals surface area contributed by atoms with E-state index in [2.05, 4.69) is 5.32 Å². The van der Waals surface area contributed by atoms with Crippen LogP contribution in [0.5, 0.6) is 0 Å². The van der Waals surface area contributed by atoms with Crippen molar-refractivity contribution in [3.05, 3.63) is 87.2 Å². The van der Waals surface area contributed by atoms with Crippen molar-refractivity contribution in [2.24, 2.45) is 7.05 Å². The summed E-state index contributed by atoms with van der Waals surface area (Å²) in [4.78, 5) is 28.3. The number of aryl methyl sites for hydroxylation is 1. The molecule has 1 aromatic carbocycles. The number of hydrogen-bond acceptors (Lipinski definition) is 7. The van der Waals surface area contributed by atoms with Gasteiger partial charge in [-0.2, -0.15) is 0 Å². The highest BCUT2D eigenvalue weighted by Gasteiger charge is 2.43. The van der Waals surface area contributed by atoms with Gasteiger partial charge in [0, 0.05) is 43.4 Å². The first kappa shape index (κ1) is 24.1. The van der Waals surface area contributed by atoms with Crippen LogP contribution in [0.3, 0.4) is 0 Å². The zero-order valence-corrected chi connectivity index (χ0v) is 20.9. The van der Waals surface area contributed by atoms with E-state index in [4.69, 9.17) is 4.74 Å². The summed E-state index contributed by atoms with van der Waals surface area (Å²) >= 11 is 0. The number of pyridine rings is 1. The molecule has 2 atom stereocenters. The minimum Gasteiger partial charge on any atom is -0.464 e. The maximum absolute atomic E-state index is 13.7. The SMILES string of the molecule is CCOC(=O)C1CC2C3=C(N1)c1c(ccn(C)c1=O)C(CS(C)(=O)=O)=CC3=CN2c1ccc(F)cc1. The first-order valence-electron chi connectivity index (χ1n) is 11.6. The van der Waals surface area contributed by atoms with Crippen molar-refractivity contribution in [3.8, 4) is 0 Å². The quantitative estimate of drug-likeness (QED) is 0.616. The second kappa shape index (κ2) is 8.77. The molecule has 0 fully saturated rings. The van der Waals surface area contributed by atoms with Crippen LogP contribution >= 0.6 is 0 Å². The van der Waals surface area contributed by atoms with E-state index < -0.39 is 21.8 Å². The molecular weight excluding hydrogens is 485 g/mol. The average Bonchev–Trinajstić information content (AvgIpc) is 3.11. The number of carbonyl (C=O) groups is 1. The number of benzene rings is 1. The van der Waals surface area contributed by atoms with Crippen LogP contribution in [0.2, 0.25) is 0 Å². The van der Waals surface area contributed by atoms with E-state index in [0.717, 1.165) is 17.4 Å². The number of halogens is 1. The highest BCUT2D eigenvalue weighted by molar-refractivity contribution is 7.91. The lowest BCUT2D eigenvalue weighted by Gasteiger charge is -2.36. The van der Waals surface area contributed by atoms with E-state index in [1.807, 2.05) is 11.1 Å². The standard InChI is InChI=1S/C26H26FN3O5S/c1-4-35-26(32)20-12-21-22-15(13-30(21)18-7-5-17(27)6-8-18)11-16(14-36(3,33)34)19-9-10-29(2)25(31)23(19)24(22)28-20/h5-11,13,20-21,28H,4,12,14H2,1-3H3. The number of nitrogens with zero attached hydrogens (tertiary/aromatic N) is 2. The Labute approximate surface area is 208 Å². The fourth-order valence-corrected chi connectivity index (χ4v) is 5.91. The van der Waals surface area contributed by atoms with Gasteiger partial charge in [0.05, 0.1) is 29.7 Å². The molecule has 0 amide bonds. The number of carbonyl (C=O) groups excluding carboxylic acids is 1. The number of allylic oxidation sites excluding steroid dienone is 1. The summed E-state index contributed by atoms with van der Waals surface area (Å²) in [5.41, 5.74) is 3.69. The molecule has 0 radical (unpaired) electrons. The lowest BCUT2D eigenvalue weighted by Crippen LogP contribution is -2.48. The van der Waals surface area contributed by atoms with E-state index >= 15 is 0 Å². The van der Waals surface area contributed by atoms with E-state index in [0.29, 0.717) is 34.5 Å². The van der Waals surface area contributed by atoms with Gasteiger partial charge in [-0.15, -0.1) is 0 Å². The molecule has 5 rings (SSSR count). The van der Waals surface area contributed by atoms with E-state index in [1.165, 1.54) is 16.7 Å². The molecule has 2 aromatic rings. The van der Waals surface area contributed by atoms with Gasteiger partial charge in [-0.25, -0.2) is 17.6 Å². The first-order valence-corrected chi connectivity index (χ1v) is 13.7. The molecule has 8 nitrogen and oxygen atoms in total. The molecule has 2 unspecified atom stereocenters. The molecule has 1 aromatic heterocycles. The Hall–Kier alpha value is -3.66. The summed E-state index contributed by atoms with van der Waals surface area (Å²) in [5, 5.41) is 3.25. The van der Waals surface area contributed by atoms with Gasteiger partial charge in [-0.05, 0) is 60.0 Å². The highest BCUT2D eigenvalue weighted by Crippen LogP contribution is 2.45. The maximum atomic E-state index is 13.7. The summed E-state index contributed by atoms with van der Waals surface area (Å²) in [6, 6.07) is 6.64. The van der Waals surface area contributed by atoms with Crippen molar-refractivity contribution in [2.75, 3.05) is 23.5 Å². The summed E-state index contributed by atoms with van der Waals surface area (Å²) < 4.78 is 45.1. The van der Waals surface area contributed by atoms with Gasteiger partial charge in [0.2, 0.25) is 0 Å². The van der Waals surface area contributed by atoms with E-state index in [-0.39, 0.29) is 29.8 Å². The van der Waals surface area contributed by atoms with Crippen LogP contribution in [0.1, 0.15) is 24.5 Å². The third kappa shape index (κ3) is 4.15. The summed E-state index contributed by atoms with van der Waals surface area (Å²) in [7, 11) is -1.81. The van der Waals surface area contributed by atoms with Crippen LogP contribution in [0.25, 0.3) is 11.3 Å². The van der Waals surface area contributed by atoms with Crippen LogP contribution in [0.4, 0.5) is 10.1 Å². The number of aromatic nitrogens is 1. The van der Waals surface area contributed by atoms with Gasteiger partial charge in [-0.1, -0.05) is 0 Å². The Bertz CT molecular complexity index is 1520. The predicted molar refractivity (Wildman–Crippen MR) is 135 cm³/mol. The van der Waals surface area contributed by atoms with Gasteiger partial charge in [0.15, 0.2) is 9.84 Å². The van der Waals surface area contributed by atoms with Crippen molar-refractivity contribution in [3.63, 3.8) is 0 Å². The number of sulfone groups is 1. The second-order valence-corrected chi connectivity index (χ2v) is 11.4. The van der Waals surface area contributed by atoms with Crippen molar-refractivity contribution in [2.45, 2.75) is 25.4 Å². The smallest absolute Gasteiger partial charge is 0.328 e. The van der Waals surface area contributed by atoms with E-state index in [9.17, 15) is 22.4 Å². The van der Waals surface area contributed by atoms with Gasteiger partial charge >= 0.3 is 5.97 Å². The molecule has 1 N–H and O–H groups in total. The number of nitrogens with one attached hydrogen (secondary N) is 1. The molecule has 10 heteroatoms. The predicted octanol–water partition coefficient (Wildman–Crippen LogP) is 2.37. The van der Waals surface area contributed by atoms with E-state index in [1.54, 1.807) is 44.4 Å². The van der Waals surface area contributed by atoms with Crippen molar-refractivity contribution < 1.29 is 22.3 Å². The van der Waals surface area contributed by atoms with Crippen LogP contribution in [-0.4, -0.2) is 49.7 Å². The number of rotatable bonds is 5. The topological polar surface area (TPSA) is 97.7 Å². The summed E-state index contributed by atoms with van der Waals surface area (Å²) in [6.07, 6.45) is 6.75. The molecule has 36 heavy (non-hydrogen) atoms. The highest BCUT2D eigenvalue weighted by atomic mass is 32.2. The lowest BCUT2D eigenvalue weighted by atomic mass is 9.88. The summed E-state index contributed by atoms with van der Waals surface area (Å²) in [6.45, 7) is 1.93. The monoisotopic (exact) mass is 511 g/mol. The zero-order valence-electron chi connectivity index (χ0n) is 20.1. The number of hydrogen-bond donors (Lipinski definition) is 1. The van der Waals surface area contributed by atoms with Gasteiger partial charge < -0.3 is 19.5 Å². The fraction of sp³-hybridized carbons (Fsp3) is 0.308. The van der Waals surface area contributed by atoms with Crippen molar-refractivity contribution in [1.29, 1.82) is 0 Å². The zero-order chi connectivity index (χ0) is 25.8. The minimum atomic E-state index is -3.43. The van der Waals surface area contributed by atoms with Gasteiger partial charge in [0.1, 0.15) is 11.9 Å². The Morgan fingerprint density at radius 1 is 1.22 bits per heavy atom. The Morgan fingerprint density at radius 3 is 2.61 bits per heavy atom. The summed E-state index contributed by atoms with van der Waals surface area (Å²) in [5.74, 6) is -1.07. The normalized spacial score (nSPS) is 20.6. The molecule has 0 saturated heterocycles. The number of anilines is 1. The van der Waals surface area contributed by atoms with Crippen LogP contribution in [0.15, 0.2) is 64.7 Å². The van der Waals surface area contributed by atoms with Crippen LogP contribution < -0.4 is 15.8 Å². The molecule has 2 aliphatic heterocycles. The fourth-order valence-electron chi connectivity index (χ4n) is 5.11. The molecular formula is C26H26FN3O5S. The Balaban J connectivity index is 1.77. The number of esters is 1. The molecule has 188 valence electrons. The number of fused-ring (bicyclic) bond motifs is 2. The van der Waals surface area contributed by atoms with Crippen LogP contribution in [0, 0.1) is 5.82 Å². The third-order valence-corrected chi connectivity index (χ3v) is 7.45. The lowest BCUT2D eigenvalue weighted by molar-refractivity contribution is -0.145. The molecule has 0 saturated carbocycles. The van der Waals surface area contributed by atoms with Crippen molar-refractivity contribution in [1.82, 2.24) is 9.88 Å². The Kier molecular flexibility index (Phi) is 5.86. The minimum absolute atomic E-state index is 0.206. The molecule has 0 bridgehead atoms. The van der Waals surface area contributed by atoms with Crippen LogP contribution in [-0.2, 0) is 26.4 Å². The molecule has 0 spiro atoms. The van der Waals surface area contributed by atoms with Crippen molar-refractivity contribution >= 4 is 32.8 Å². The third-order valence-electron chi connectivity index (χ3n) is 6.61. The largest absolute Gasteiger partial charge is 0.464 e. The molecule has 3 aliphatic rings.